The van der Waals surface area contributed by atoms with Crippen molar-refractivity contribution in [1.29, 1.82) is 5.26 Å². The van der Waals surface area contributed by atoms with Gasteiger partial charge >= 0.3 is 0 Å². The van der Waals surface area contributed by atoms with Crippen LogP contribution in [-0.2, 0) is 0 Å². The van der Waals surface area contributed by atoms with Crippen molar-refractivity contribution in [3.8, 4) is 27.8 Å². The predicted octanol–water partition coefficient (Wildman–Crippen LogP) is 5.56. The van der Waals surface area contributed by atoms with Crippen molar-refractivity contribution in [3.05, 3.63) is 80.4 Å². The van der Waals surface area contributed by atoms with Gasteiger partial charge in [0.2, 0.25) is 0 Å². The summed E-state index contributed by atoms with van der Waals surface area (Å²) in [6.45, 7) is 0. The highest BCUT2D eigenvalue weighted by Crippen LogP contribution is 2.35. The van der Waals surface area contributed by atoms with Gasteiger partial charge in [0, 0.05) is 21.7 Å². The molecule has 0 bridgehead atoms. The molecule has 2 aromatic carbocycles. The van der Waals surface area contributed by atoms with Crippen LogP contribution in [0.5, 0.6) is 0 Å². The molecule has 0 unspecified atom stereocenters. The van der Waals surface area contributed by atoms with E-state index in [1.54, 1.807) is 0 Å². The van der Waals surface area contributed by atoms with Gasteiger partial charge in [-0.3, -0.25) is 4.79 Å². The van der Waals surface area contributed by atoms with Gasteiger partial charge in [-0.15, -0.1) is 11.3 Å². The topological polar surface area (TPSA) is 56.6 Å². The van der Waals surface area contributed by atoms with E-state index >= 15 is 0 Å². The lowest BCUT2D eigenvalue weighted by Gasteiger charge is -2.09. The number of nitrogens with one attached hydrogen (secondary N) is 1. The number of benzene rings is 2. The zero-order valence-corrected chi connectivity index (χ0v) is 15.3. The van der Waals surface area contributed by atoms with Crippen molar-refractivity contribution in [1.82, 2.24) is 4.98 Å². The fourth-order valence-electron chi connectivity index (χ4n) is 2.93. The minimum Gasteiger partial charge on any atom is -0.321 e. The molecular weight excluding hydrogens is 396 g/mol. The number of aromatic amines is 1. The summed E-state index contributed by atoms with van der Waals surface area (Å²) >= 11 is 4.94. The van der Waals surface area contributed by atoms with E-state index in [1.165, 1.54) is 11.3 Å². The summed E-state index contributed by atoms with van der Waals surface area (Å²) in [7, 11) is 0. The number of aromatic nitrogens is 1. The van der Waals surface area contributed by atoms with Gasteiger partial charge in [0.15, 0.2) is 0 Å². The van der Waals surface area contributed by atoms with Crippen LogP contribution in [0.4, 0.5) is 0 Å². The van der Waals surface area contributed by atoms with Crippen molar-refractivity contribution in [2.75, 3.05) is 0 Å². The van der Waals surface area contributed by atoms with Crippen LogP contribution in [0.1, 0.15) is 5.56 Å². The third-order valence-corrected chi connectivity index (χ3v) is 5.72. The Morgan fingerprint density at radius 1 is 1.00 bits per heavy atom. The van der Waals surface area contributed by atoms with Crippen LogP contribution in [0.25, 0.3) is 32.5 Å². The first-order chi connectivity index (χ1) is 12.2. The van der Waals surface area contributed by atoms with Gasteiger partial charge in [-0.2, -0.15) is 5.26 Å². The summed E-state index contributed by atoms with van der Waals surface area (Å²) < 4.78 is 0.957. The number of hydrogen-bond acceptors (Lipinski definition) is 3. The highest BCUT2D eigenvalue weighted by molar-refractivity contribution is 9.11. The molecule has 0 radical (unpaired) electrons. The van der Waals surface area contributed by atoms with Crippen molar-refractivity contribution < 1.29 is 0 Å². The van der Waals surface area contributed by atoms with Gasteiger partial charge in [0.1, 0.15) is 11.6 Å². The van der Waals surface area contributed by atoms with Crippen molar-refractivity contribution in [3.63, 3.8) is 0 Å². The second-order valence-electron chi connectivity index (χ2n) is 5.54. The molecule has 3 nitrogen and oxygen atoms in total. The second kappa shape index (κ2) is 6.32. The molecule has 0 atom stereocenters. The minimum atomic E-state index is -0.368. The maximum Gasteiger partial charge on any atom is 0.267 e. The van der Waals surface area contributed by atoms with E-state index in [2.05, 4.69) is 20.9 Å². The van der Waals surface area contributed by atoms with Crippen LogP contribution in [-0.4, -0.2) is 4.98 Å². The second-order valence-corrected chi connectivity index (χ2v) is 8.01. The number of fused-ring (bicyclic) bond motifs is 1. The SMILES string of the molecule is N#Cc1c(-c2ccc(Br)s2)cc(-c2cccc3ccccc23)[nH]c1=O. The number of thiophene rings is 1. The van der Waals surface area contributed by atoms with Crippen LogP contribution < -0.4 is 5.56 Å². The van der Waals surface area contributed by atoms with Crippen molar-refractivity contribution in [2.24, 2.45) is 0 Å². The number of rotatable bonds is 2. The molecule has 25 heavy (non-hydrogen) atoms. The fourth-order valence-corrected chi connectivity index (χ4v) is 4.34. The molecule has 0 aliphatic carbocycles. The number of nitriles is 1. The van der Waals surface area contributed by atoms with E-state index in [1.807, 2.05) is 66.7 Å². The first kappa shape index (κ1) is 15.8. The lowest BCUT2D eigenvalue weighted by atomic mass is 9.99. The number of halogens is 1. The zero-order valence-electron chi connectivity index (χ0n) is 12.9. The smallest absolute Gasteiger partial charge is 0.267 e. The molecule has 120 valence electrons. The molecule has 5 heteroatoms. The monoisotopic (exact) mass is 406 g/mol. The number of nitrogens with zero attached hydrogens (tertiary/aromatic N) is 1. The van der Waals surface area contributed by atoms with Crippen LogP contribution in [0.2, 0.25) is 0 Å². The Morgan fingerprint density at radius 2 is 1.80 bits per heavy atom. The molecular formula is C20H11BrN2OS. The van der Waals surface area contributed by atoms with Crippen molar-refractivity contribution >= 4 is 38.0 Å². The number of pyridine rings is 1. The Labute approximate surface area is 156 Å². The molecule has 0 fully saturated rings. The van der Waals surface area contributed by atoms with Gasteiger partial charge in [0.25, 0.3) is 5.56 Å². The van der Waals surface area contributed by atoms with E-state index in [9.17, 15) is 10.1 Å². The van der Waals surface area contributed by atoms with E-state index in [0.717, 1.165) is 25.0 Å². The summed E-state index contributed by atoms with van der Waals surface area (Å²) in [4.78, 5) is 16.2. The molecule has 0 spiro atoms. The first-order valence-corrected chi connectivity index (χ1v) is 9.19. The molecule has 0 amide bonds. The standard InChI is InChI=1S/C20H11BrN2OS/c21-19-9-8-18(25-19)15-10-17(23-20(24)16(15)11-22)14-7-3-5-12-4-1-2-6-13(12)14/h1-10H,(H,23,24). The fraction of sp³-hybridized carbons (Fsp3) is 0. The van der Waals surface area contributed by atoms with Crippen molar-refractivity contribution in [2.45, 2.75) is 0 Å². The average molecular weight is 407 g/mol. The molecule has 0 saturated heterocycles. The van der Waals surface area contributed by atoms with E-state index in [-0.39, 0.29) is 11.1 Å². The normalized spacial score (nSPS) is 10.7. The van der Waals surface area contributed by atoms with Crippen LogP contribution in [0.3, 0.4) is 0 Å². The first-order valence-electron chi connectivity index (χ1n) is 7.58. The highest BCUT2D eigenvalue weighted by Gasteiger charge is 2.15. The maximum atomic E-state index is 12.5. The molecule has 1 N–H and O–H groups in total. The Morgan fingerprint density at radius 3 is 2.56 bits per heavy atom. The molecule has 4 rings (SSSR count). The molecule has 2 heterocycles. The van der Waals surface area contributed by atoms with Gasteiger partial charge in [-0.25, -0.2) is 0 Å². The Bertz CT molecular complexity index is 1200. The molecule has 0 aliphatic heterocycles. The van der Waals surface area contributed by atoms with E-state index < -0.39 is 0 Å². The minimum absolute atomic E-state index is 0.137. The lowest BCUT2D eigenvalue weighted by molar-refractivity contribution is 1.22. The summed E-state index contributed by atoms with van der Waals surface area (Å²) in [5.74, 6) is 0. The summed E-state index contributed by atoms with van der Waals surface area (Å²) in [6.07, 6.45) is 0. The average Bonchev–Trinajstić information content (AvgIpc) is 3.07. The van der Waals surface area contributed by atoms with Crippen LogP contribution in [0, 0.1) is 11.3 Å². The van der Waals surface area contributed by atoms with E-state index in [4.69, 9.17) is 0 Å². The molecule has 4 aromatic rings. The lowest BCUT2D eigenvalue weighted by Crippen LogP contribution is -2.12. The Balaban J connectivity index is 2.02. The van der Waals surface area contributed by atoms with Gasteiger partial charge in [-0.05, 0) is 44.9 Å². The number of H-pyrrole nitrogens is 1. The summed E-state index contributed by atoms with van der Waals surface area (Å²) in [5, 5.41) is 11.6. The quantitative estimate of drug-likeness (QED) is 0.473. The molecule has 0 saturated carbocycles. The van der Waals surface area contributed by atoms with Gasteiger partial charge in [-0.1, -0.05) is 42.5 Å². The van der Waals surface area contributed by atoms with E-state index in [0.29, 0.717) is 11.3 Å². The third-order valence-electron chi connectivity index (χ3n) is 4.06. The Hall–Kier alpha value is -2.68. The predicted molar refractivity (Wildman–Crippen MR) is 106 cm³/mol. The Kier molecular flexibility index (Phi) is 4.00. The van der Waals surface area contributed by atoms with Gasteiger partial charge in [0.05, 0.1) is 3.79 Å². The van der Waals surface area contributed by atoms with Crippen LogP contribution in [0.15, 0.2) is 69.2 Å². The molecule has 2 aromatic heterocycles. The van der Waals surface area contributed by atoms with Gasteiger partial charge < -0.3 is 4.98 Å². The summed E-state index contributed by atoms with van der Waals surface area (Å²) in [6, 6.07) is 21.8. The maximum absolute atomic E-state index is 12.5. The van der Waals surface area contributed by atoms with Crippen LogP contribution >= 0.6 is 27.3 Å². The number of hydrogen-bond donors (Lipinski definition) is 1. The summed E-state index contributed by atoms with van der Waals surface area (Å²) in [5.41, 5.74) is 2.08. The third kappa shape index (κ3) is 2.80. The molecule has 0 aliphatic rings. The highest BCUT2D eigenvalue weighted by atomic mass is 79.9. The largest absolute Gasteiger partial charge is 0.321 e. The zero-order chi connectivity index (χ0) is 17.4.